The molecule has 3 saturated heterocycles. The Morgan fingerprint density at radius 3 is 2.50 bits per heavy atom. The zero-order valence-corrected chi connectivity index (χ0v) is 13.4. The molecule has 0 radical (unpaired) electrons. The first-order valence-corrected chi connectivity index (χ1v) is 8.56. The highest BCUT2D eigenvalue weighted by molar-refractivity contribution is 5.89. The van der Waals surface area contributed by atoms with Gasteiger partial charge in [-0.1, -0.05) is 6.92 Å². The van der Waals surface area contributed by atoms with Crippen molar-refractivity contribution in [2.24, 2.45) is 11.8 Å². The summed E-state index contributed by atoms with van der Waals surface area (Å²) in [4.78, 5) is 29.4. The number of nitrogens with one attached hydrogen (secondary N) is 1. The zero-order chi connectivity index (χ0) is 15.5. The molecular formula is C16H27N3O3. The SMILES string of the molecule is CC(C(=O)N1CCCCC1C(=O)N1CCOCC1)C1CNC1. The van der Waals surface area contributed by atoms with E-state index in [9.17, 15) is 9.59 Å². The molecule has 0 aromatic rings. The third-order valence-corrected chi connectivity index (χ3v) is 5.30. The van der Waals surface area contributed by atoms with Crippen LogP contribution in [0.4, 0.5) is 0 Å². The molecule has 0 aromatic carbocycles. The number of morpholine rings is 1. The zero-order valence-electron chi connectivity index (χ0n) is 13.4. The third kappa shape index (κ3) is 3.13. The normalized spacial score (nSPS) is 28.1. The molecule has 1 N–H and O–H groups in total. The van der Waals surface area contributed by atoms with E-state index in [1.807, 2.05) is 16.7 Å². The van der Waals surface area contributed by atoms with Gasteiger partial charge in [0.15, 0.2) is 0 Å². The summed E-state index contributed by atoms with van der Waals surface area (Å²) in [5.41, 5.74) is 0. The van der Waals surface area contributed by atoms with E-state index in [0.717, 1.165) is 38.9 Å². The van der Waals surface area contributed by atoms with Crippen LogP contribution >= 0.6 is 0 Å². The van der Waals surface area contributed by atoms with Crippen molar-refractivity contribution >= 4 is 11.8 Å². The summed E-state index contributed by atoms with van der Waals surface area (Å²) in [5, 5.41) is 3.23. The van der Waals surface area contributed by atoms with Crippen LogP contribution < -0.4 is 5.32 Å². The molecule has 0 aliphatic carbocycles. The lowest BCUT2D eigenvalue weighted by molar-refractivity contribution is -0.153. The fraction of sp³-hybridized carbons (Fsp3) is 0.875. The lowest BCUT2D eigenvalue weighted by atomic mass is 9.86. The van der Waals surface area contributed by atoms with Crippen molar-refractivity contribution in [2.45, 2.75) is 32.2 Å². The van der Waals surface area contributed by atoms with Gasteiger partial charge in [0.1, 0.15) is 6.04 Å². The summed E-state index contributed by atoms with van der Waals surface area (Å²) in [6.45, 7) is 7.10. The number of piperidine rings is 1. The Morgan fingerprint density at radius 1 is 1.14 bits per heavy atom. The molecule has 3 aliphatic rings. The Labute approximate surface area is 132 Å². The summed E-state index contributed by atoms with van der Waals surface area (Å²) in [5.74, 6) is 0.723. The van der Waals surface area contributed by atoms with Crippen LogP contribution in [0.1, 0.15) is 26.2 Å². The van der Waals surface area contributed by atoms with Crippen molar-refractivity contribution in [2.75, 3.05) is 45.9 Å². The van der Waals surface area contributed by atoms with Crippen LogP contribution in [0.2, 0.25) is 0 Å². The van der Waals surface area contributed by atoms with Crippen molar-refractivity contribution in [3.63, 3.8) is 0 Å². The third-order valence-electron chi connectivity index (χ3n) is 5.30. The molecule has 0 spiro atoms. The molecule has 2 unspecified atom stereocenters. The summed E-state index contributed by atoms with van der Waals surface area (Å²) in [7, 11) is 0. The van der Waals surface area contributed by atoms with E-state index in [1.165, 1.54) is 0 Å². The summed E-state index contributed by atoms with van der Waals surface area (Å²) in [6.07, 6.45) is 2.84. The van der Waals surface area contributed by atoms with Crippen LogP contribution in [0, 0.1) is 11.8 Å². The monoisotopic (exact) mass is 309 g/mol. The van der Waals surface area contributed by atoms with Gasteiger partial charge in [-0.05, 0) is 38.3 Å². The van der Waals surface area contributed by atoms with E-state index in [1.54, 1.807) is 0 Å². The van der Waals surface area contributed by atoms with Gasteiger partial charge in [-0.3, -0.25) is 9.59 Å². The first kappa shape index (κ1) is 15.7. The van der Waals surface area contributed by atoms with E-state index in [2.05, 4.69) is 5.32 Å². The molecule has 3 rings (SSSR count). The molecule has 0 bridgehead atoms. The molecule has 3 aliphatic heterocycles. The smallest absolute Gasteiger partial charge is 0.245 e. The minimum absolute atomic E-state index is 0.0133. The van der Waals surface area contributed by atoms with E-state index < -0.39 is 0 Å². The minimum Gasteiger partial charge on any atom is -0.378 e. The molecule has 6 heteroatoms. The number of nitrogens with zero attached hydrogens (tertiary/aromatic N) is 2. The van der Waals surface area contributed by atoms with Crippen LogP contribution in [0.15, 0.2) is 0 Å². The maximum absolute atomic E-state index is 12.8. The van der Waals surface area contributed by atoms with Gasteiger partial charge in [0.25, 0.3) is 0 Å². The van der Waals surface area contributed by atoms with Crippen molar-refractivity contribution in [1.82, 2.24) is 15.1 Å². The Bertz CT molecular complexity index is 397. The number of amides is 2. The number of ether oxygens (including phenoxy) is 1. The molecule has 3 fully saturated rings. The van der Waals surface area contributed by atoms with Crippen LogP contribution in [-0.4, -0.2) is 73.6 Å². The van der Waals surface area contributed by atoms with Crippen molar-refractivity contribution in [1.29, 1.82) is 0 Å². The van der Waals surface area contributed by atoms with Gasteiger partial charge < -0.3 is 19.9 Å². The standard InChI is InChI=1S/C16H27N3O3/c1-12(13-10-17-11-13)15(20)19-5-3-2-4-14(19)16(21)18-6-8-22-9-7-18/h12-14,17H,2-11H2,1H3. The number of hydrogen-bond acceptors (Lipinski definition) is 4. The number of carbonyl (C=O) groups is 2. The van der Waals surface area contributed by atoms with E-state index in [-0.39, 0.29) is 23.8 Å². The molecule has 0 aromatic heterocycles. The highest BCUT2D eigenvalue weighted by atomic mass is 16.5. The van der Waals surface area contributed by atoms with Gasteiger partial charge in [-0.15, -0.1) is 0 Å². The number of rotatable bonds is 3. The number of carbonyl (C=O) groups excluding carboxylic acids is 2. The highest BCUT2D eigenvalue weighted by Gasteiger charge is 2.39. The Kier molecular flexibility index (Phi) is 4.98. The van der Waals surface area contributed by atoms with Crippen LogP contribution in [-0.2, 0) is 14.3 Å². The van der Waals surface area contributed by atoms with E-state index in [0.29, 0.717) is 32.2 Å². The molecule has 0 saturated carbocycles. The van der Waals surface area contributed by atoms with Gasteiger partial charge in [0.05, 0.1) is 13.2 Å². The summed E-state index contributed by atoms with van der Waals surface area (Å²) in [6, 6.07) is -0.255. The van der Waals surface area contributed by atoms with Crippen LogP contribution in [0.5, 0.6) is 0 Å². The highest BCUT2D eigenvalue weighted by Crippen LogP contribution is 2.25. The predicted molar refractivity (Wildman–Crippen MR) is 82.3 cm³/mol. The summed E-state index contributed by atoms with van der Waals surface area (Å²) >= 11 is 0. The largest absolute Gasteiger partial charge is 0.378 e. The summed E-state index contributed by atoms with van der Waals surface area (Å²) < 4.78 is 5.32. The molecule has 124 valence electrons. The van der Waals surface area contributed by atoms with Gasteiger partial charge in [-0.25, -0.2) is 0 Å². The first-order chi connectivity index (χ1) is 10.7. The molecule has 6 nitrogen and oxygen atoms in total. The van der Waals surface area contributed by atoms with Gasteiger partial charge in [0, 0.05) is 25.6 Å². The molecular weight excluding hydrogens is 282 g/mol. The van der Waals surface area contributed by atoms with Crippen molar-refractivity contribution in [3.8, 4) is 0 Å². The number of hydrogen-bond donors (Lipinski definition) is 1. The fourth-order valence-corrected chi connectivity index (χ4v) is 3.57. The fourth-order valence-electron chi connectivity index (χ4n) is 3.57. The minimum atomic E-state index is -0.255. The van der Waals surface area contributed by atoms with Gasteiger partial charge in [0.2, 0.25) is 11.8 Å². The lowest BCUT2D eigenvalue weighted by Gasteiger charge is -2.42. The van der Waals surface area contributed by atoms with E-state index >= 15 is 0 Å². The predicted octanol–water partition coefficient (Wildman–Crippen LogP) is 0.0818. The molecule has 2 atom stereocenters. The van der Waals surface area contributed by atoms with Crippen molar-refractivity contribution in [3.05, 3.63) is 0 Å². The quantitative estimate of drug-likeness (QED) is 0.802. The number of likely N-dealkylation sites (tertiary alicyclic amines) is 1. The molecule has 3 heterocycles. The average Bonchev–Trinajstić information content (AvgIpc) is 2.52. The second-order valence-corrected chi connectivity index (χ2v) is 6.69. The Hall–Kier alpha value is -1.14. The topological polar surface area (TPSA) is 61.9 Å². The van der Waals surface area contributed by atoms with Crippen LogP contribution in [0.25, 0.3) is 0 Å². The maximum Gasteiger partial charge on any atom is 0.245 e. The van der Waals surface area contributed by atoms with Gasteiger partial charge >= 0.3 is 0 Å². The molecule has 2 amide bonds. The average molecular weight is 309 g/mol. The Balaban J connectivity index is 1.67. The first-order valence-electron chi connectivity index (χ1n) is 8.56. The Morgan fingerprint density at radius 2 is 1.86 bits per heavy atom. The molecule has 22 heavy (non-hydrogen) atoms. The second kappa shape index (κ2) is 6.96. The van der Waals surface area contributed by atoms with Gasteiger partial charge in [-0.2, -0.15) is 0 Å². The maximum atomic E-state index is 12.8. The van der Waals surface area contributed by atoms with Crippen molar-refractivity contribution < 1.29 is 14.3 Å². The second-order valence-electron chi connectivity index (χ2n) is 6.69. The van der Waals surface area contributed by atoms with E-state index in [4.69, 9.17) is 4.74 Å². The lowest BCUT2D eigenvalue weighted by Crippen LogP contribution is -2.58. The van der Waals surface area contributed by atoms with Crippen LogP contribution in [0.3, 0.4) is 0 Å².